The molecule has 2 heterocycles. The summed E-state index contributed by atoms with van der Waals surface area (Å²) in [6.45, 7) is -0.0360. The lowest BCUT2D eigenvalue weighted by atomic mass is 10.1. The van der Waals surface area contributed by atoms with Gasteiger partial charge in [-0.1, -0.05) is 0 Å². The zero-order valence-electron chi connectivity index (χ0n) is 10.3. The Morgan fingerprint density at radius 3 is 2.68 bits per heavy atom. The van der Waals surface area contributed by atoms with Crippen molar-refractivity contribution in [3.8, 4) is 0 Å². The number of nitrogens with one attached hydrogen (secondary N) is 1. The number of aromatic nitrogens is 2. The molecule has 0 bridgehead atoms. The molecule has 1 aliphatic carbocycles. The molecule has 1 N–H and O–H groups in total. The van der Waals surface area contributed by atoms with Crippen molar-refractivity contribution in [2.45, 2.75) is 44.6 Å². The van der Waals surface area contributed by atoms with Crippen LogP contribution in [0, 0.1) is 0 Å². The molecule has 1 aromatic rings. The van der Waals surface area contributed by atoms with Crippen molar-refractivity contribution >= 4 is 0 Å². The molecule has 1 aromatic heterocycles. The van der Waals surface area contributed by atoms with Crippen molar-refractivity contribution in [1.82, 2.24) is 15.3 Å². The molecule has 2 aliphatic rings. The molecule has 0 amide bonds. The Balaban J connectivity index is 1.73. The molecule has 1 fully saturated rings. The fraction of sp³-hybridized carbons (Fsp3) is 0.667. The van der Waals surface area contributed by atoms with E-state index < -0.39 is 12.8 Å². The minimum absolute atomic E-state index is 0.188. The zero-order valence-corrected chi connectivity index (χ0v) is 10.3. The van der Waals surface area contributed by atoms with Crippen LogP contribution in [0.25, 0.3) is 0 Å². The Morgan fingerprint density at radius 1 is 1.21 bits per heavy atom. The topological polar surface area (TPSA) is 47.0 Å². The van der Waals surface area contributed by atoms with Crippen molar-refractivity contribution in [1.29, 1.82) is 0 Å². The standard InChI is InChI=1S/C12H14F3N3O/c13-12(14,15)6-19-5-10-17-9-4-16-3-8(9)11(18-10)7-1-2-7/h7,16H,1-6H2. The van der Waals surface area contributed by atoms with Gasteiger partial charge in [-0.2, -0.15) is 13.2 Å². The number of fused-ring (bicyclic) bond motifs is 1. The number of rotatable bonds is 4. The first-order chi connectivity index (χ1) is 9.03. The third-order valence-corrected chi connectivity index (χ3v) is 3.23. The third-order valence-electron chi connectivity index (χ3n) is 3.23. The first-order valence-corrected chi connectivity index (χ1v) is 6.27. The fourth-order valence-electron chi connectivity index (χ4n) is 2.26. The molecule has 0 unspecified atom stereocenters. The summed E-state index contributed by atoms with van der Waals surface area (Å²) in [5.41, 5.74) is 3.03. The van der Waals surface area contributed by atoms with Crippen molar-refractivity contribution in [2.75, 3.05) is 6.61 Å². The van der Waals surface area contributed by atoms with Gasteiger partial charge in [-0.25, -0.2) is 9.97 Å². The van der Waals surface area contributed by atoms with Crippen LogP contribution in [0.5, 0.6) is 0 Å². The molecule has 4 nitrogen and oxygen atoms in total. The molecule has 0 saturated heterocycles. The van der Waals surface area contributed by atoms with Crippen LogP contribution in [0.15, 0.2) is 0 Å². The van der Waals surface area contributed by atoms with Gasteiger partial charge in [0.25, 0.3) is 0 Å². The van der Waals surface area contributed by atoms with E-state index in [1.807, 2.05) is 0 Å². The third kappa shape index (κ3) is 3.03. The van der Waals surface area contributed by atoms with Crippen LogP contribution in [0.3, 0.4) is 0 Å². The van der Waals surface area contributed by atoms with Gasteiger partial charge in [0.2, 0.25) is 0 Å². The van der Waals surface area contributed by atoms with E-state index in [9.17, 15) is 13.2 Å². The second-order valence-corrected chi connectivity index (χ2v) is 4.94. The molecule has 0 atom stereocenters. The Morgan fingerprint density at radius 2 is 2.00 bits per heavy atom. The summed E-state index contributed by atoms with van der Waals surface area (Å²) in [6, 6.07) is 0. The first kappa shape index (κ1) is 12.8. The minimum Gasteiger partial charge on any atom is -0.364 e. The van der Waals surface area contributed by atoms with Gasteiger partial charge < -0.3 is 10.1 Å². The van der Waals surface area contributed by atoms with Crippen LogP contribution in [-0.4, -0.2) is 22.8 Å². The van der Waals surface area contributed by atoms with Gasteiger partial charge in [-0.3, -0.25) is 0 Å². The molecular weight excluding hydrogens is 259 g/mol. The number of hydrogen-bond donors (Lipinski definition) is 1. The first-order valence-electron chi connectivity index (χ1n) is 6.27. The van der Waals surface area contributed by atoms with Gasteiger partial charge in [0, 0.05) is 24.6 Å². The molecule has 0 radical (unpaired) electrons. The highest BCUT2D eigenvalue weighted by atomic mass is 19.4. The van der Waals surface area contributed by atoms with E-state index in [1.165, 1.54) is 0 Å². The molecule has 1 saturated carbocycles. The highest BCUT2D eigenvalue weighted by Crippen LogP contribution is 2.41. The molecular formula is C12H14F3N3O. The molecule has 7 heteroatoms. The molecule has 3 rings (SSSR count). The van der Waals surface area contributed by atoms with Crippen molar-refractivity contribution in [2.24, 2.45) is 0 Å². The SMILES string of the molecule is FC(F)(F)COCc1nc2c(c(C3CC3)n1)CNC2. The van der Waals surface area contributed by atoms with E-state index in [1.54, 1.807) is 0 Å². The fourth-order valence-corrected chi connectivity index (χ4v) is 2.26. The maximum atomic E-state index is 12.0. The molecule has 0 spiro atoms. The predicted molar refractivity (Wildman–Crippen MR) is 60.3 cm³/mol. The van der Waals surface area contributed by atoms with Gasteiger partial charge >= 0.3 is 6.18 Å². The van der Waals surface area contributed by atoms with Crippen LogP contribution < -0.4 is 5.32 Å². The monoisotopic (exact) mass is 273 g/mol. The van der Waals surface area contributed by atoms with Gasteiger partial charge in [0.1, 0.15) is 13.2 Å². The summed E-state index contributed by atoms with van der Waals surface area (Å²) in [6.07, 6.45) is -2.10. The van der Waals surface area contributed by atoms with Crippen LogP contribution in [0.1, 0.15) is 41.5 Å². The molecule has 0 aromatic carbocycles. The lowest BCUT2D eigenvalue weighted by Crippen LogP contribution is -2.17. The van der Waals surface area contributed by atoms with E-state index in [0.717, 1.165) is 36.3 Å². The Kier molecular flexibility index (Phi) is 3.18. The Hall–Kier alpha value is -1.21. The van der Waals surface area contributed by atoms with Gasteiger partial charge in [0.05, 0.1) is 11.4 Å². The second-order valence-electron chi connectivity index (χ2n) is 4.94. The lowest BCUT2D eigenvalue weighted by molar-refractivity contribution is -0.177. The largest absolute Gasteiger partial charge is 0.411 e. The normalized spacial score (nSPS) is 18.7. The van der Waals surface area contributed by atoms with Crippen LogP contribution in [0.2, 0.25) is 0 Å². The van der Waals surface area contributed by atoms with E-state index in [-0.39, 0.29) is 6.61 Å². The maximum Gasteiger partial charge on any atom is 0.411 e. The van der Waals surface area contributed by atoms with E-state index in [2.05, 4.69) is 20.0 Å². The smallest absolute Gasteiger partial charge is 0.364 e. The maximum absolute atomic E-state index is 12.0. The van der Waals surface area contributed by atoms with Crippen molar-refractivity contribution in [3.05, 3.63) is 22.8 Å². The summed E-state index contributed by atoms with van der Waals surface area (Å²) >= 11 is 0. The summed E-state index contributed by atoms with van der Waals surface area (Å²) in [7, 11) is 0. The van der Waals surface area contributed by atoms with Gasteiger partial charge in [-0.05, 0) is 12.8 Å². The number of nitrogens with zero attached hydrogens (tertiary/aromatic N) is 2. The number of alkyl halides is 3. The Labute approximate surface area is 108 Å². The van der Waals surface area contributed by atoms with Gasteiger partial charge in [0.15, 0.2) is 5.82 Å². The van der Waals surface area contributed by atoms with E-state index in [0.29, 0.717) is 18.3 Å². The van der Waals surface area contributed by atoms with Crippen molar-refractivity contribution in [3.63, 3.8) is 0 Å². The summed E-state index contributed by atoms with van der Waals surface area (Å²) < 4.78 is 40.7. The quantitative estimate of drug-likeness (QED) is 0.912. The summed E-state index contributed by atoms with van der Waals surface area (Å²) in [5, 5.41) is 3.20. The number of hydrogen-bond acceptors (Lipinski definition) is 4. The van der Waals surface area contributed by atoms with E-state index >= 15 is 0 Å². The van der Waals surface area contributed by atoms with Crippen LogP contribution in [0.4, 0.5) is 13.2 Å². The molecule has 104 valence electrons. The summed E-state index contributed by atoms with van der Waals surface area (Å²) in [5.74, 6) is 0.812. The highest BCUT2D eigenvalue weighted by molar-refractivity contribution is 5.33. The van der Waals surface area contributed by atoms with Crippen LogP contribution >= 0.6 is 0 Å². The minimum atomic E-state index is -4.31. The van der Waals surface area contributed by atoms with E-state index in [4.69, 9.17) is 0 Å². The average Bonchev–Trinajstić information content (AvgIpc) is 3.05. The van der Waals surface area contributed by atoms with Crippen molar-refractivity contribution < 1.29 is 17.9 Å². The molecule has 19 heavy (non-hydrogen) atoms. The summed E-state index contributed by atoms with van der Waals surface area (Å²) in [4.78, 5) is 8.66. The average molecular weight is 273 g/mol. The van der Waals surface area contributed by atoms with Crippen LogP contribution in [-0.2, 0) is 24.4 Å². The number of ether oxygens (including phenoxy) is 1. The second kappa shape index (κ2) is 4.72. The molecule has 1 aliphatic heterocycles. The van der Waals surface area contributed by atoms with Gasteiger partial charge in [-0.15, -0.1) is 0 Å². The highest BCUT2D eigenvalue weighted by Gasteiger charge is 2.32. The number of halogens is 3. The predicted octanol–water partition coefficient (Wildman–Crippen LogP) is 2.04. The lowest BCUT2D eigenvalue weighted by Gasteiger charge is -2.10. The zero-order chi connectivity index (χ0) is 13.5. The Bertz CT molecular complexity index is 486.